The summed E-state index contributed by atoms with van der Waals surface area (Å²) in [5.41, 5.74) is 13.6. The number of hydrogen-bond acceptors (Lipinski definition) is 7. The van der Waals surface area contributed by atoms with Crippen LogP contribution in [0.2, 0.25) is 0 Å². The number of aliphatic imine (C=N–C) groups is 2. The minimum Gasteiger partial charge on any atom is -0.457 e. The maximum atomic E-state index is 12.3. The molecule has 8 heteroatoms. The molecule has 0 amide bonds. The van der Waals surface area contributed by atoms with Gasteiger partial charge in [0.2, 0.25) is 11.9 Å². The molecule has 2 heterocycles. The Bertz CT molecular complexity index is 783. The van der Waals surface area contributed by atoms with Crippen molar-refractivity contribution in [2.75, 3.05) is 4.90 Å². The zero-order valence-electron chi connectivity index (χ0n) is 13.1. The Morgan fingerprint density at radius 1 is 1.21 bits per heavy atom. The number of nitrogens with two attached hydrogens (primary N) is 2. The average molecular weight is 392 g/mol. The van der Waals surface area contributed by atoms with E-state index in [1.807, 2.05) is 17.0 Å². The Morgan fingerprint density at radius 2 is 1.96 bits per heavy atom. The SMILES string of the molecule is NC1=NC2(CCCCC2)N(c2c(Br)ccc3c2C(=O)OC3)C(N)=N1. The van der Waals surface area contributed by atoms with E-state index >= 15 is 0 Å². The average Bonchev–Trinajstić information content (AvgIpc) is 2.91. The second-order valence-electron chi connectivity index (χ2n) is 6.32. The van der Waals surface area contributed by atoms with E-state index in [9.17, 15) is 4.79 Å². The molecule has 0 atom stereocenters. The minimum atomic E-state index is -0.589. The van der Waals surface area contributed by atoms with Gasteiger partial charge in [-0.05, 0) is 47.7 Å². The molecule has 7 nitrogen and oxygen atoms in total. The van der Waals surface area contributed by atoms with Crippen molar-refractivity contribution in [2.24, 2.45) is 21.5 Å². The van der Waals surface area contributed by atoms with Crippen LogP contribution in [-0.4, -0.2) is 23.6 Å². The number of rotatable bonds is 1. The Hall–Kier alpha value is -2.09. The monoisotopic (exact) mass is 391 g/mol. The lowest BCUT2D eigenvalue weighted by molar-refractivity contribution is 0.0535. The molecule has 0 aromatic heterocycles. The number of benzene rings is 1. The molecule has 1 fully saturated rings. The summed E-state index contributed by atoms with van der Waals surface area (Å²) in [4.78, 5) is 23.0. The second kappa shape index (κ2) is 5.47. The van der Waals surface area contributed by atoms with Crippen molar-refractivity contribution in [2.45, 2.75) is 44.4 Å². The summed E-state index contributed by atoms with van der Waals surface area (Å²) in [7, 11) is 0. The highest BCUT2D eigenvalue weighted by Gasteiger charge is 2.45. The van der Waals surface area contributed by atoms with Crippen molar-refractivity contribution in [1.82, 2.24) is 0 Å². The molecule has 4 N–H and O–H groups in total. The van der Waals surface area contributed by atoms with Crippen molar-refractivity contribution in [3.05, 3.63) is 27.7 Å². The van der Waals surface area contributed by atoms with Gasteiger partial charge in [0.05, 0.1) is 11.3 Å². The molecule has 1 saturated carbocycles. The summed E-state index contributed by atoms with van der Waals surface area (Å²) in [6.45, 7) is 0.276. The minimum absolute atomic E-state index is 0.192. The lowest BCUT2D eigenvalue weighted by atomic mass is 9.86. The highest BCUT2D eigenvalue weighted by atomic mass is 79.9. The topological polar surface area (TPSA) is 106 Å². The van der Waals surface area contributed by atoms with Crippen LogP contribution in [0, 0.1) is 0 Å². The van der Waals surface area contributed by atoms with Gasteiger partial charge in [0, 0.05) is 10.0 Å². The normalized spacial score (nSPS) is 22.0. The molecule has 0 radical (unpaired) electrons. The Labute approximate surface area is 147 Å². The lowest BCUT2D eigenvalue weighted by Crippen LogP contribution is -2.58. The second-order valence-corrected chi connectivity index (χ2v) is 7.18. The molecule has 1 aromatic carbocycles. The first-order chi connectivity index (χ1) is 11.5. The molecular weight excluding hydrogens is 374 g/mol. The number of cyclic esters (lactones) is 1. The number of hydrogen-bond donors (Lipinski definition) is 2. The Morgan fingerprint density at radius 3 is 2.71 bits per heavy atom. The van der Waals surface area contributed by atoms with E-state index in [0.717, 1.165) is 42.1 Å². The molecule has 3 aliphatic rings. The molecule has 126 valence electrons. The van der Waals surface area contributed by atoms with Crippen LogP contribution in [0.5, 0.6) is 0 Å². The van der Waals surface area contributed by atoms with E-state index in [1.54, 1.807) is 0 Å². The number of guanidine groups is 2. The van der Waals surface area contributed by atoms with Crippen LogP contribution in [0.25, 0.3) is 0 Å². The summed E-state index contributed by atoms with van der Waals surface area (Å²) in [5, 5.41) is 0. The molecule has 0 unspecified atom stereocenters. The first-order valence-electron chi connectivity index (χ1n) is 8.00. The van der Waals surface area contributed by atoms with Crippen molar-refractivity contribution < 1.29 is 9.53 Å². The van der Waals surface area contributed by atoms with Crippen LogP contribution in [-0.2, 0) is 11.3 Å². The van der Waals surface area contributed by atoms with E-state index < -0.39 is 5.66 Å². The number of ether oxygens (including phenoxy) is 1. The fourth-order valence-corrected chi connectivity index (χ4v) is 4.34. The van der Waals surface area contributed by atoms with E-state index in [-0.39, 0.29) is 24.5 Å². The van der Waals surface area contributed by atoms with Crippen LogP contribution >= 0.6 is 15.9 Å². The summed E-state index contributed by atoms with van der Waals surface area (Å²) >= 11 is 3.57. The fraction of sp³-hybridized carbons (Fsp3) is 0.438. The van der Waals surface area contributed by atoms with E-state index in [4.69, 9.17) is 16.2 Å². The van der Waals surface area contributed by atoms with Gasteiger partial charge >= 0.3 is 5.97 Å². The lowest BCUT2D eigenvalue weighted by Gasteiger charge is -2.46. The van der Waals surface area contributed by atoms with E-state index in [2.05, 4.69) is 25.9 Å². The van der Waals surface area contributed by atoms with Gasteiger partial charge in [0.25, 0.3) is 0 Å². The summed E-state index contributed by atoms with van der Waals surface area (Å²) < 4.78 is 5.98. The molecule has 4 rings (SSSR count). The number of halogens is 1. The summed E-state index contributed by atoms with van der Waals surface area (Å²) in [6, 6.07) is 3.79. The largest absolute Gasteiger partial charge is 0.457 e. The summed E-state index contributed by atoms with van der Waals surface area (Å²) in [6.07, 6.45) is 4.83. The van der Waals surface area contributed by atoms with E-state index in [0.29, 0.717) is 11.3 Å². The van der Waals surface area contributed by atoms with Crippen LogP contribution in [0.3, 0.4) is 0 Å². The zero-order chi connectivity index (χ0) is 16.9. The van der Waals surface area contributed by atoms with Gasteiger partial charge in [-0.1, -0.05) is 12.5 Å². The molecule has 1 aromatic rings. The Kier molecular flexibility index (Phi) is 3.52. The third-order valence-corrected chi connectivity index (χ3v) is 5.49. The molecule has 0 bridgehead atoms. The first kappa shape index (κ1) is 15.4. The van der Waals surface area contributed by atoms with Gasteiger partial charge < -0.3 is 16.2 Å². The smallest absolute Gasteiger partial charge is 0.341 e. The predicted molar refractivity (Wildman–Crippen MR) is 94.8 cm³/mol. The van der Waals surface area contributed by atoms with Gasteiger partial charge in [-0.25, -0.2) is 9.79 Å². The van der Waals surface area contributed by atoms with Crippen molar-refractivity contribution in [3.63, 3.8) is 0 Å². The van der Waals surface area contributed by atoms with Gasteiger partial charge in [-0.2, -0.15) is 4.99 Å². The van der Waals surface area contributed by atoms with Crippen LogP contribution in [0.4, 0.5) is 5.69 Å². The Balaban J connectivity index is 1.93. The van der Waals surface area contributed by atoms with Gasteiger partial charge in [-0.3, -0.25) is 4.90 Å². The van der Waals surface area contributed by atoms with Crippen molar-refractivity contribution >= 4 is 39.5 Å². The number of esters is 1. The first-order valence-corrected chi connectivity index (χ1v) is 8.79. The number of anilines is 1. The standard InChI is InChI=1S/C16H18BrN5O2/c17-10-5-4-9-8-24-13(23)11(9)12(10)22-15(19)20-14(18)21-16(22)6-2-1-3-7-16/h4-5H,1-3,6-8H2,(H4,18,19,20,21). The van der Waals surface area contributed by atoms with Crippen molar-refractivity contribution in [1.29, 1.82) is 0 Å². The highest BCUT2D eigenvalue weighted by molar-refractivity contribution is 9.10. The molecule has 1 aliphatic carbocycles. The molecule has 24 heavy (non-hydrogen) atoms. The molecular formula is C16H18BrN5O2. The van der Waals surface area contributed by atoms with Crippen LogP contribution in [0.1, 0.15) is 48.0 Å². The van der Waals surface area contributed by atoms with Gasteiger partial charge in [-0.15, -0.1) is 0 Å². The highest BCUT2D eigenvalue weighted by Crippen LogP contribution is 2.45. The molecule has 2 aliphatic heterocycles. The number of carbonyl (C=O) groups excluding carboxylic acids is 1. The third kappa shape index (κ3) is 2.20. The fourth-order valence-electron chi connectivity index (χ4n) is 3.83. The quantitative estimate of drug-likeness (QED) is 0.713. The number of carbonyl (C=O) groups is 1. The van der Waals surface area contributed by atoms with E-state index in [1.165, 1.54) is 0 Å². The van der Waals surface area contributed by atoms with Gasteiger partial charge in [0.1, 0.15) is 12.3 Å². The van der Waals surface area contributed by atoms with Crippen molar-refractivity contribution in [3.8, 4) is 0 Å². The summed E-state index contributed by atoms with van der Waals surface area (Å²) in [5.74, 6) is 0.109. The van der Waals surface area contributed by atoms with Crippen LogP contribution < -0.4 is 16.4 Å². The maximum Gasteiger partial charge on any atom is 0.341 e. The maximum absolute atomic E-state index is 12.3. The predicted octanol–water partition coefficient (Wildman–Crippen LogP) is 2.23. The molecule has 1 spiro atoms. The number of fused-ring (bicyclic) bond motifs is 1. The number of nitrogens with zero attached hydrogens (tertiary/aromatic N) is 3. The zero-order valence-corrected chi connectivity index (χ0v) is 14.7. The third-order valence-electron chi connectivity index (χ3n) is 4.85. The molecule has 0 saturated heterocycles. The van der Waals surface area contributed by atoms with Crippen LogP contribution in [0.15, 0.2) is 26.6 Å². The van der Waals surface area contributed by atoms with Gasteiger partial charge in [0.15, 0.2) is 0 Å².